The van der Waals surface area contributed by atoms with Crippen molar-refractivity contribution in [2.45, 2.75) is 20.0 Å². The quantitative estimate of drug-likeness (QED) is 0.152. The molecule has 0 bridgehead atoms. The first-order valence-corrected chi connectivity index (χ1v) is 16.3. The van der Waals surface area contributed by atoms with E-state index >= 15 is 0 Å². The minimum Gasteiger partial charge on any atom is -0.319 e. The van der Waals surface area contributed by atoms with Gasteiger partial charge >= 0.3 is 0 Å². The van der Waals surface area contributed by atoms with Crippen molar-refractivity contribution >= 4 is 51.3 Å². The van der Waals surface area contributed by atoms with Gasteiger partial charge in [0, 0.05) is 57.6 Å². The number of aryl methyl sites for hydroxylation is 2. The van der Waals surface area contributed by atoms with Gasteiger partial charge in [0.2, 0.25) is 0 Å². The molecule has 0 unspecified atom stereocenters. The zero-order valence-electron chi connectivity index (χ0n) is 22.9. The second-order valence-corrected chi connectivity index (χ2v) is 15.2. The molecule has 7 rings (SSSR count). The number of benzene rings is 4. The zero-order valence-corrected chi connectivity index (χ0v) is 26.2. The van der Waals surface area contributed by atoms with Crippen LogP contribution in [0.2, 0.25) is 13.1 Å². The van der Waals surface area contributed by atoms with Crippen molar-refractivity contribution in [2.24, 2.45) is 7.05 Å². The molecule has 4 aromatic carbocycles. The van der Waals surface area contributed by atoms with Crippen LogP contribution in [-0.4, -0.2) is 26.8 Å². The topological polar surface area (TPSA) is 27.7 Å². The summed E-state index contributed by atoms with van der Waals surface area (Å²) in [5.41, 5.74) is 6.85. The number of fused-ring (bicyclic) bond motifs is 4. The van der Waals surface area contributed by atoms with Gasteiger partial charge in [-0.15, -0.1) is 17.5 Å². The fourth-order valence-electron chi connectivity index (χ4n) is 5.70. The first-order valence-electron chi connectivity index (χ1n) is 13.3. The first kappa shape index (κ1) is 26.4. The molecule has 0 spiro atoms. The summed E-state index contributed by atoms with van der Waals surface area (Å²) in [7, 11) is -0.0554. The molecule has 4 nitrogen and oxygen atoms in total. The van der Waals surface area contributed by atoms with E-state index in [0.29, 0.717) is 0 Å². The summed E-state index contributed by atoms with van der Waals surface area (Å²) in [6.45, 7) is 6.90. The molecule has 0 saturated heterocycles. The average molecular weight is 717 g/mol. The average Bonchev–Trinajstić information content (AvgIpc) is 3.48. The van der Waals surface area contributed by atoms with Gasteiger partial charge < -0.3 is 4.57 Å². The molecule has 7 aromatic rings. The van der Waals surface area contributed by atoms with E-state index in [9.17, 15) is 0 Å². The Kier molecular flexibility index (Phi) is 6.60. The third-order valence-electron chi connectivity index (χ3n) is 7.91. The Morgan fingerprint density at radius 2 is 1.48 bits per heavy atom. The molecule has 200 valence electrons. The summed E-state index contributed by atoms with van der Waals surface area (Å²) in [6.07, 6.45) is 4.03. The van der Waals surface area contributed by atoms with Crippen LogP contribution in [0.25, 0.3) is 44.3 Å². The molecule has 0 fully saturated rings. The molecule has 0 saturated carbocycles. The Labute approximate surface area is 249 Å². The van der Waals surface area contributed by atoms with E-state index < -0.39 is 8.07 Å². The monoisotopic (exact) mass is 716 g/mol. The van der Waals surface area contributed by atoms with E-state index in [1.54, 1.807) is 0 Å². The van der Waals surface area contributed by atoms with E-state index in [4.69, 9.17) is 4.98 Å². The summed E-state index contributed by atoms with van der Waals surface area (Å²) in [6, 6.07) is 40.0. The molecular weight excluding hydrogens is 688 g/mol. The largest absolute Gasteiger partial charge is 0.319 e. The Morgan fingerprint density at radius 1 is 0.750 bits per heavy atom. The van der Waals surface area contributed by atoms with Crippen molar-refractivity contribution in [3.8, 4) is 11.5 Å². The van der Waals surface area contributed by atoms with Gasteiger partial charge in [-0.05, 0) is 48.2 Å². The fraction of sp³-hybridized carbons (Fsp3) is 0.118. The Bertz CT molecular complexity index is 2040. The second kappa shape index (κ2) is 9.99. The van der Waals surface area contributed by atoms with Crippen molar-refractivity contribution in [3.63, 3.8) is 0 Å². The van der Waals surface area contributed by atoms with Crippen LogP contribution in [-0.2, 0) is 28.1 Å². The number of hydrogen-bond acceptors (Lipinski definition) is 1. The van der Waals surface area contributed by atoms with Crippen LogP contribution in [0.4, 0.5) is 0 Å². The summed E-state index contributed by atoms with van der Waals surface area (Å²) in [4.78, 5) is 4.75. The minimum absolute atomic E-state index is 0. The van der Waals surface area contributed by atoms with Gasteiger partial charge in [-0.2, -0.15) is 40.7 Å². The predicted octanol–water partition coefficient (Wildman–Crippen LogP) is 6.47. The number of aromatic nitrogens is 4. The van der Waals surface area contributed by atoms with Gasteiger partial charge in [-0.25, -0.2) is 14.1 Å². The number of pyridine rings is 1. The van der Waals surface area contributed by atoms with Crippen molar-refractivity contribution in [2.75, 3.05) is 0 Å². The number of rotatable bonds is 4. The fourth-order valence-corrected chi connectivity index (χ4v) is 7.87. The number of imidazole rings is 1. The van der Waals surface area contributed by atoms with E-state index in [2.05, 4.69) is 144 Å². The van der Waals surface area contributed by atoms with E-state index in [1.165, 1.54) is 37.7 Å². The normalized spacial score (nSPS) is 11.8. The van der Waals surface area contributed by atoms with Crippen LogP contribution in [0.1, 0.15) is 5.56 Å². The number of nitrogens with zero attached hydrogens (tertiary/aromatic N) is 4. The van der Waals surface area contributed by atoms with Gasteiger partial charge in [0.15, 0.2) is 17.4 Å². The molecule has 0 radical (unpaired) electrons. The summed E-state index contributed by atoms with van der Waals surface area (Å²) < 4.78 is 6.66. The van der Waals surface area contributed by atoms with Crippen molar-refractivity contribution in [1.29, 1.82) is 0 Å². The Hall–Kier alpha value is -3.79. The maximum atomic E-state index is 4.75. The van der Waals surface area contributed by atoms with Gasteiger partial charge in [0.25, 0.3) is 0 Å². The Balaban J connectivity index is 0.00000289. The summed E-state index contributed by atoms with van der Waals surface area (Å²) in [5.74, 6) is 0.926. The second-order valence-electron chi connectivity index (χ2n) is 10.8. The first-order chi connectivity index (χ1) is 18.9. The van der Waals surface area contributed by atoms with Gasteiger partial charge in [-0.3, -0.25) is 0 Å². The molecule has 0 aliphatic heterocycles. The molecule has 40 heavy (non-hydrogen) atoms. The van der Waals surface area contributed by atoms with Gasteiger partial charge in [0.1, 0.15) is 5.82 Å². The number of para-hydroxylation sites is 3. The van der Waals surface area contributed by atoms with Crippen molar-refractivity contribution in [3.05, 3.63) is 121 Å². The molecule has 0 atom stereocenters. The molecule has 0 aliphatic rings. The smallest absolute Gasteiger partial charge is 0.188 e. The standard InChI is InChI=1S/C34H29N4Si.Pt/c1-24-18-19-35-34(20-24)38-30-13-6-5-12-28(30)29-17-16-27(22-33(29)38)39(3,4)26-11-9-10-25(21-26)37-23-36(2)31-14-7-8-15-32(31)37;/h5-20,23H,1-4H3;/q-1;. The predicted molar refractivity (Wildman–Crippen MR) is 164 cm³/mol. The molecular formula is C34H29N4PtSi-. The van der Waals surface area contributed by atoms with Crippen LogP contribution >= 0.6 is 0 Å². The van der Waals surface area contributed by atoms with E-state index in [0.717, 1.165) is 22.5 Å². The van der Waals surface area contributed by atoms with E-state index in [1.807, 2.05) is 12.3 Å². The van der Waals surface area contributed by atoms with Crippen LogP contribution in [0.15, 0.2) is 104 Å². The SMILES string of the molecule is Cc1ccnc(-n2c3[c-]c([Si](C)(C)c4[c-]c(-n5[cH+]n(C)c6ccccc65)ccc4)ccc3c3ccccc32)c1.[Pt]. The molecule has 0 N–H and O–H groups in total. The van der Waals surface area contributed by atoms with Crippen LogP contribution in [0.3, 0.4) is 0 Å². The van der Waals surface area contributed by atoms with Crippen LogP contribution in [0, 0.1) is 19.1 Å². The zero-order chi connectivity index (χ0) is 26.7. The van der Waals surface area contributed by atoms with Crippen molar-refractivity contribution < 1.29 is 21.1 Å². The molecule has 3 aromatic heterocycles. The summed E-state index contributed by atoms with van der Waals surface area (Å²) in [5, 5.41) is 4.93. The molecule has 3 heterocycles. The molecule has 0 aliphatic carbocycles. The third kappa shape index (κ3) is 4.16. The molecule has 0 amide bonds. The van der Waals surface area contributed by atoms with E-state index in [-0.39, 0.29) is 21.1 Å². The minimum atomic E-state index is -2.15. The van der Waals surface area contributed by atoms with Gasteiger partial charge in [0.05, 0.1) is 8.07 Å². The number of hydrogen-bond donors (Lipinski definition) is 0. The van der Waals surface area contributed by atoms with Gasteiger partial charge in [-0.1, -0.05) is 36.8 Å². The van der Waals surface area contributed by atoms with Crippen LogP contribution in [0.5, 0.6) is 0 Å². The maximum absolute atomic E-state index is 4.75. The Morgan fingerprint density at radius 3 is 2.27 bits per heavy atom. The van der Waals surface area contributed by atoms with Crippen molar-refractivity contribution in [1.82, 2.24) is 18.7 Å². The van der Waals surface area contributed by atoms with Crippen LogP contribution < -0.4 is 10.4 Å². The maximum Gasteiger partial charge on any atom is 0.188 e. The summed E-state index contributed by atoms with van der Waals surface area (Å²) >= 11 is 0. The third-order valence-corrected chi connectivity index (χ3v) is 11.2. The molecule has 6 heteroatoms.